The number of nitrogens with two attached hydrogens (primary N) is 3. The van der Waals surface area contributed by atoms with Crippen molar-refractivity contribution in [3.05, 3.63) is 71.3 Å². The number of benzene rings is 2. The molecule has 0 bridgehead atoms. The summed E-state index contributed by atoms with van der Waals surface area (Å²) in [6.07, 6.45) is -0.880. The van der Waals surface area contributed by atoms with Gasteiger partial charge >= 0.3 is 5.97 Å². The number of amides is 1. The molecule has 10 N–H and O–H groups in total. The molecule has 0 saturated carbocycles. The Labute approximate surface area is 256 Å². The molecule has 0 unspecified atom stereocenters. The van der Waals surface area contributed by atoms with Crippen molar-refractivity contribution in [2.45, 2.75) is 62.3 Å². The maximum atomic E-state index is 13.9. The number of nitrogen functional groups attached to an aromatic ring is 1. The number of aldehydes is 1. The Bertz CT molecular complexity index is 1460. The number of aliphatic imine (C=N–C) groups is 1. The third-order valence-corrected chi connectivity index (χ3v) is 8.07. The molecule has 0 fully saturated rings. The van der Waals surface area contributed by atoms with Gasteiger partial charge in [0.15, 0.2) is 11.7 Å². The minimum atomic E-state index is -4.22. The number of guanidine groups is 1. The van der Waals surface area contributed by atoms with Crippen molar-refractivity contribution in [3.8, 4) is 0 Å². The van der Waals surface area contributed by atoms with E-state index in [0.717, 1.165) is 0 Å². The summed E-state index contributed by atoms with van der Waals surface area (Å²) in [6.45, 7) is 0.251. The summed E-state index contributed by atoms with van der Waals surface area (Å²) in [5.41, 5.74) is 15.4. The summed E-state index contributed by atoms with van der Waals surface area (Å²) in [6, 6.07) is 13.6. The van der Waals surface area contributed by atoms with Crippen LogP contribution >= 0.6 is 0 Å². The average Bonchev–Trinajstić information content (AvgIpc) is 2.96. The van der Waals surface area contributed by atoms with Gasteiger partial charge in [0.25, 0.3) is 0 Å². The van der Waals surface area contributed by atoms with Crippen LogP contribution in [-0.2, 0) is 41.4 Å². The standard InChI is InChI=1S/C29H39N7O7S/c30-27(31)22-9-4-8-21(16-22)17-29(14-13-26(40)41,36-44(42,43)19-20-6-2-1-3-7-20)24(38)11-12-25(39)35-23(18-37)10-5-15-34-28(32)33/h1-4,6-9,16,18,23,36H,5,10-15,17,19H2,(H3,30,31)(H,35,39)(H,40,41)(H4,32,33,34)/t23-,29-/m0/s1. The van der Waals surface area contributed by atoms with Crippen LogP contribution in [0.15, 0.2) is 59.6 Å². The van der Waals surface area contributed by atoms with E-state index >= 15 is 0 Å². The number of carboxylic acid groups (broad SMARTS) is 1. The van der Waals surface area contributed by atoms with Gasteiger partial charge in [0.2, 0.25) is 15.9 Å². The van der Waals surface area contributed by atoms with Crippen molar-refractivity contribution in [1.82, 2.24) is 10.0 Å². The molecule has 44 heavy (non-hydrogen) atoms. The Hall–Kier alpha value is -4.63. The molecule has 0 spiro atoms. The van der Waals surface area contributed by atoms with Crippen LogP contribution in [0.4, 0.5) is 0 Å². The number of ketones is 1. The summed E-state index contributed by atoms with van der Waals surface area (Å²) in [5, 5.41) is 19.8. The number of carbonyl (C=O) groups excluding carboxylic acids is 3. The Balaban J connectivity index is 2.36. The number of hydrogen-bond acceptors (Lipinski definition) is 8. The normalized spacial score (nSPS) is 13.2. The van der Waals surface area contributed by atoms with Crippen molar-refractivity contribution < 1.29 is 32.7 Å². The Morgan fingerprint density at radius 1 is 1.00 bits per heavy atom. The minimum Gasteiger partial charge on any atom is -0.481 e. The second-order valence-electron chi connectivity index (χ2n) is 10.3. The van der Waals surface area contributed by atoms with Gasteiger partial charge in [-0.25, -0.2) is 13.1 Å². The highest BCUT2D eigenvalue weighted by Gasteiger charge is 2.42. The SMILES string of the molecule is N=C(N)c1cccc(C[C@](CCC(=O)O)(NS(=O)(=O)Cc2ccccc2)C(=O)CCC(=O)N[C@H](C=O)CCCN=C(N)N)c1. The molecule has 15 heteroatoms. The molecule has 1 amide bonds. The lowest BCUT2D eigenvalue weighted by Gasteiger charge is -2.33. The number of sulfonamides is 1. The molecule has 0 aromatic heterocycles. The minimum absolute atomic E-state index is 0.103. The molecule has 14 nitrogen and oxygen atoms in total. The van der Waals surface area contributed by atoms with Gasteiger partial charge in [-0.3, -0.25) is 24.8 Å². The Kier molecular flexibility index (Phi) is 13.6. The lowest BCUT2D eigenvalue weighted by atomic mass is 9.81. The van der Waals surface area contributed by atoms with E-state index < -0.39 is 64.3 Å². The summed E-state index contributed by atoms with van der Waals surface area (Å²) in [7, 11) is -4.22. The molecule has 0 aliphatic carbocycles. The summed E-state index contributed by atoms with van der Waals surface area (Å²) in [4.78, 5) is 53.5. The highest BCUT2D eigenvalue weighted by molar-refractivity contribution is 7.88. The highest BCUT2D eigenvalue weighted by Crippen LogP contribution is 2.26. The van der Waals surface area contributed by atoms with Crippen LogP contribution in [0.3, 0.4) is 0 Å². The van der Waals surface area contributed by atoms with Crippen LogP contribution in [0.25, 0.3) is 0 Å². The van der Waals surface area contributed by atoms with Gasteiger partial charge in [-0.15, -0.1) is 0 Å². The number of rotatable bonds is 20. The molecule has 238 valence electrons. The molecule has 2 aromatic carbocycles. The van der Waals surface area contributed by atoms with Gasteiger partial charge in [0, 0.05) is 31.4 Å². The zero-order valence-electron chi connectivity index (χ0n) is 24.2. The molecule has 2 aromatic rings. The number of Topliss-reactive ketones (excluding diaryl/α,β-unsaturated/α-hetero) is 1. The lowest BCUT2D eigenvalue weighted by Crippen LogP contribution is -2.56. The Morgan fingerprint density at radius 3 is 2.30 bits per heavy atom. The predicted molar refractivity (Wildman–Crippen MR) is 165 cm³/mol. The maximum absolute atomic E-state index is 13.9. The second kappa shape index (κ2) is 16.9. The monoisotopic (exact) mass is 629 g/mol. The van der Waals surface area contributed by atoms with Crippen molar-refractivity contribution >= 4 is 45.8 Å². The van der Waals surface area contributed by atoms with Crippen molar-refractivity contribution in [1.29, 1.82) is 5.41 Å². The molecule has 0 heterocycles. The summed E-state index contributed by atoms with van der Waals surface area (Å²) >= 11 is 0. The fourth-order valence-electron chi connectivity index (χ4n) is 4.55. The lowest BCUT2D eigenvalue weighted by molar-refractivity contribution is -0.138. The van der Waals surface area contributed by atoms with E-state index in [4.69, 9.17) is 22.6 Å². The fourth-order valence-corrected chi connectivity index (χ4v) is 6.14. The average molecular weight is 630 g/mol. The molecular formula is C29H39N7O7S. The summed E-state index contributed by atoms with van der Waals surface area (Å²) < 4.78 is 29.3. The maximum Gasteiger partial charge on any atom is 0.303 e. The van der Waals surface area contributed by atoms with Gasteiger partial charge in [-0.1, -0.05) is 48.5 Å². The first-order valence-electron chi connectivity index (χ1n) is 13.8. The van der Waals surface area contributed by atoms with Crippen molar-refractivity contribution in [3.63, 3.8) is 0 Å². The third kappa shape index (κ3) is 12.3. The first-order valence-corrected chi connectivity index (χ1v) is 15.4. The van der Waals surface area contributed by atoms with Crippen molar-refractivity contribution in [2.75, 3.05) is 6.54 Å². The molecule has 0 saturated heterocycles. The molecule has 0 aliphatic rings. The number of nitrogens with zero attached hydrogens (tertiary/aromatic N) is 1. The highest BCUT2D eigenvalue weighted by atomic mass is 32.2. The number of hydrogen-bond donors (Lipinski definition) is 7. The molecule has 2 rings (SSSR count). The number of carboxylic acids is 1. The van der Waals surface area contributed by atoms with E-state index in [2.05, 4.69) is 15.0 Å². The quantitative estimate of drug-likeness (QED) is 0.0456. The molecular weight excluding hydrogens is 590 g/mol. The van der Waals surface area contributed by atoms with Crippen LogP contribution in [0, 0.1) is 5.41 Å². The Morgan fingerprint density at radius 2 is 1.68 bits per heavy atom. The molecule has 0 aliphatic heterocycles. The van der Waals surface area contributed by atoms with Crippen LogP contribution in [0.5, 0.6) is 0 Å². The van der Waals surface area contributed by atoms with E-state index in [-0.39, 0.29) is 37.6 Å². The van der Waals surface area contributed by atoms with Gasteiger partial charge in [0.1, 0.15) is 12.1 Å². The van der Waals surface area contributed by atoms with Gasteiger partial charge in [-0.2, -0.15) is 0 Å². The number of aliphatic carboxylic acids is 1. The van der Waals surface area contributed by atoms with Crippen LogP contribution in [0.1, 0.15) is 55.2 Å². The van der Waals surface area contributed by atoms with Gasteiger partial charge in [-0.05, 0) is 42.9 Å². The zero-order valence-corrected chi connectivity index (χ0v) is 25.0. The van der Waals surface area contributed by atoms with Crippen LogP contribution in [-0.4, -0.2) is 67.4 Å². The molecule has 2 atom stereocenters. The largest absolute Gasteiger partial charge is 0.481 e. The zero-order chi connectivity index (χ0) is 32.8. The van der Waals surface area contributed by atoms with Gasteiger partial charge in [0.05, 0.1) is 17.3 Å². The molecule has 0 radical (unpaired) electrons. The predicted octanol–water partition coefficient (Wildman–Crippen LogP) is 0.323. The van der Waals surface area contributed by atoms with Crippen molar-refractivity contribution in [2.24, 2.45) is 22.2 Å². The first kappa shape index (κ1) is 35.6. The number of carbonyl (C=O) groups is 4. The number of amidine groups is 1. The fraction of sp³-hybridized carbons (Fsp3) is 0.379. The first-order chi connectivity index (χ1) is 20.7. The van der Waals surface area contributed by atoms with E-state index in [1.54, 1.807) is 48.5 Å². The van der Waals surface area contributed by atoms with E-state index in [9.17, 15) is 32.7 Å². The van der Waals surface area contributed by atoms with E-state index in [1.807, 2.05) is 0 Å². The third-order valence-electron chi connectivity index (χ3n) is 6.65. The van der Waals surface area contributed by atoms with E-state index in [0.29, 0.717) is 29.4 Å². The number of nitrogens with one attached hydrogen (secondary N) is 3. The van der Waals surface area contributed by atoms with Crippen LogP contribution in [0.2, 0.25) is 0 Å². The summed E-state index contributed by atoms with van der Waals surface area (Å²) in [5.74, 6) is -3.43. The smallest absolute Gasteiger partial charge is 0.303 e. The van der Waals surface area contributed by atoms with Gasteiger partial charge < -0.3 is 32.4 Å². The van der Waals surface area contributed by atoms with E-state index in [1.165, 1.54) is 6.07 Å². The topological polar surface area (TPSA) is 261 Å². The van der Waals surface area contributed by atoms with Crippen LogP contribution < -0.4 is 27.2 Å². The second-order valence-corrected chi connectivity index (χ2v) is 12.0.